The van der Waals surface area contributed by atoms with Crippen molar-refractivity contribution in [2.45, 2.75) is 0 Å². The Kier molecular flexibility index (Phi) is 2200. The summed E-state index contributed by atoms with van der Waals surface area (Å²) in [6, 6.07) is 0. The van der Waals surface area contributed by atoms with Crippen LogP contribution in [0.1, 0.15) is 1.43 Å². The van der Waals surface area contributed by atoms with Crippen LogP contribution in [0.4, 0.5) is 0 Å². The third kappa shape index (κ3) is 74.9. The standard InChI is InChI=1S/Na.3H2O.3H2S.H/h;6*1H2;/q+1;;;;;;;-1. The molecule has 0 saturated carbocycles. The van der Waals surface area contributed by atoms with E-state index in [0.29, 0.717) is 0 Å². The molecule has 0 aromatic carbocycles. The second-order valence-corrected chi connectivity index (χ2v) is 0. The first kappa shape index (κ1) is 151. The van der Waals surface area contributed by atoms with Crippen LogP contribution in [-0.2, 0) is 0 Å². The van der Waals surface area contributed by atoms with Crippen LogP contribution in [0.3, 0.4) is 0 Å². The van der Waals surface area contributed by atoms with E-state index in [9.17, 15) is 0 Å². The van der Waals surface area contributed by atoms with Gasteiger partial charge in [0.25, 0.3) is 0 Å². The third-order valence-corrected chi connectivity index (χ3v) is 0. The number of hydrogen-bond acceptors (Lipinski definition) is 0. The Morgan fingerprint density at radius 2 is 0.571 bits per heavy atom. The molecule has 0 fully saturated rings. The van der Waals surface area contributed by atoms with Gasteiger partial charge in [-0.2, -0.15) is 40.5 Å². The molecule has 0 atom stereocenters. The molecule has 0 bridgehead atoms. The molecular weight excluding hydrogens is 167 g/mol. The van der Waals surface area contributed by atoms with Crippen LogP contribution in [0, 0.1) is 0 Å². The van der Waals surface area contributed by atoms with Crippen molar-refractivity contribution in [2.24, 2.45) is 0 Å². The van der Waals surface area contributed by atoms with Crippen LogP contribution in [-0.4, -0.2) is 16.4 Å². The fraction of sp³-hybridized carbons (Fsp3) is 0. The molecule has 6 N–H and O–H groups in total. The maximum atomic E-state index is 0. The van der Waals surface area contributed by atoms with Crippen molar-refractivity contribution in [3.63, 3.8) is 0 Å². The zero-order valence-electron chi connectivity index (χ0n) is 5.00. The number of rotatable bonds is 0. The zero-order chi connectivity index (χ0) is 0. The summed E-state index contributed by atoms with van der Waals surface area (Å²) in [6.45, 7) is 0. The molecule has 3 nitrogen and oxygen atoms in total. The molecule has 0 radical (unpaired) electrons. The summed E-state index contributed by atoms with van der Waals surface area (Å²) in [7, 11) is 0. The van der Waals surface area contributed by atoms with Crippen molar-refractivity contribution in [1.82, 2.24) is 0 Å². The monoisotopic (exact) mass is 180 g/mol. The van der Waals surface area contributed by atoms with Crippen LogP contribution < -0.4 is 29.6 Å². The van der Waals surface area contributed by atoms with Crippen LogP contribution >= 0.6 is 40.5 Å². The van der Waals surface area contributed by atoms with Gasteiger partial charge in [0, 0.05) is 0 Å². The molecular formula is H13NaO3S3. The summed E-state index contributed by atoms with van der Waals surface area (Å²) < 4.78 is 0. The first-order valence-electron chi connectivity index (χ1n) is 0. The average molecular weight is 180 g/mol. The molecule has 0 aliphatic heterocycles. The molecule has 0 rings (SSSR count). The molecule has 0 aliphatic rings. The van der Waals surface area contributed by atoms with Gasteiger partial charge in [-0.1, -0.05) is 0 Å². The summed E-state index contributed by atoms with van der Waals surface area (Å²) in [5.41, 5.74) is 0. The molecule has 0 aromatic rings. The minimum atomic E-state index is 0. The Morgan fingerprint density at radius 1 is 0.571 bits per heavy atom. The Bertz CT molecular complexity index is 14.5. The van der Waals surface area contributed by atoms with Crippen molar-refractivity contribution in [2.75, 3.05) is 0 Å². The van der Waals surface area contributed by atoms with Crippen molar-refractivity contribution < 1.29 is 47.4 Å². The fourth-order valence-corrected chi connectivity index (χ4v) is 0. The van der Waals surface area contributed by atoms with Crippen molar-refractivity contribution in [3.05, 3.63) is 0 Å². The SMILES string of the molecule is O.O.O.S.S.S.[H-].[Na+]. The maximum absolute atomic E-state index is 0. The summed E-state index contributed by atoms with van der Waals surface area (Å²) >= 11 is 0. The van der Waals surface area contributed by atoms with Gasteiger partial charge in [0.1, 0.15) is 0 Å². The molecule has 0 saturated heterocycles. The van der Waals surface area contributed by atoms with Gasteiger partial charge in [-0.05, 0) is 0 Å². The van der Waals surface area contributed by atoms with Gasteiger partial charge in [0.15, 0.2) is 0 Å². The van der Waals surface area contributed by atoms with Crippen molar-refractivity contribution in [3.8, 4) is 0 Å². The predicted octanol–water partition coefficient (Wildman–Crippen LogP) is -5.02. The van der Waals surface area contributed by atoms with Gasteiger partial charge in [-0.15, -0.1) is 0 Å². The van der Waals surface area contributed by atoms with E-state index in [1.54, 1.807) is 0 Å². The van der Waals surface area contributed by atoms with Crippen LogP contribution in [0.15, 0.2) is 0 Å². The van der Waals surface area contributed by atoms with E-state index < -0.39 is 0 Å². The van der Waals surface area contributed by atoms with E-state index in [4.69, 9.17) is 0 Å². The van der Waals surface area contributed by atoms with Gasteiger partial charge in [0.05, 0.1) is 0 Å². The van der Waals surface area contributed by atoms with Gasteiger partial charge < -0.3 is 17.9 Å². The van der Waals surface area contributed by atoms with E-state index in [1.807, 2.05) is 0 Å². The van der Waals surface area contributed by atoms with E-state index in [0.717, 1.165) is 0 Å². The van der Waals surface area contributed by atoms with Gasteiger partial charge in [0.2, 0.25) is 0 Å². The first-order valence-corrected chi connectivity index (χ1v) is 0. The average Bonchev–Trinajstić information content (AvgIpc) is 0. The minimum absolute atomic E-state index is 0. The first-order chi connectivity index (χ1) is 0. The van der Waals surface area contributed by atoms with E-state index >= 15 is 0 Å². The van der Waals surface area contributed by atoms with Gasteiger partial charge in [-0.25, -0.2) is 0 Å². The van der Waals surface area contributed by atoms with Crippen LogP contribution in [0.25, 0.3) is 0 Å². The second kappa shape index (κ2) is 102. The third-order valence-electron chi connectivity index (χ3n) is 0. The molecule has 0 heterocycles. The quantitative estimate of drug-likeness (QED) is 0.334. The van der Waals surface area contributed by atoms with Crippen molar-refractivity contribution in [1.29, 1.82) is 0 Å². The molecule has 0 unspecified atom stereocenters. The van der Waals surface area contributed by atoms with Gasteiger partial charge >= 0.3 is 29.6 Å². The Hall–Kier alpha value is 1.93. The molecule has 50 valence electrons. The van der Waals surface area contributed by atoms with E-state index in [2.05, 4.69) is 0 Å². The molecule has 7 heteroatoms. The summed E-state index contributed by atoms with van der Waals surface area (Å²) in [5.74, 6) is 0. The fourth-order valence-electron chi connectivity index (χ4n) is 0. The molecule has 7 heavy (non-hydrogen) atoms. The normalized spacial score (nSPS) is 0. The van der Waals surface area contributed by atoms with Crippen LogP contribution in [0.2, 0.25) is 0 Å². The minimum Gasteiger partial charge on any atom is -1.00 e. The van der Waals surface area contributed by atoms with Gasteiger partial charge in [-0.3, -0.25) is 0 Å². The van der Waals surface area contributed by atoms with Crippen molar-refractivity contribution >= 4 is 40.5 Å². The van der Waals surface area contributed by atoms with Crippen LogP contribution in [0.5, 0.6) is 0 Å². The summed E-state index contributed by atoms with van der Waals surface area (Å²) in [4.78, 5) is 0. The van der Waals surface area contributed by atoms with E-state index in [1.165, 1.54) is 0 Å². The number of hydrogen-bond donors (Lipinski definition) is 0. The Labute approximate surface area is 87.3 Å². The molecule has 0 spiro atoms. The molecule has 0 amide bonds. The Morgan fingerprint density at radius 3 is 0.571 bits per heavy atom. The predicted molar refractivity (Wildman–Crippen MR) is 43.1 cm³/mol. The summed E-state index contributed by atoms with van der Waals surface area (Å²) in [5, 5.41) is 0. The largest absolute Gasteiger partial charge is 1.00 e. The molecule has 0 aromatic heterocycles. The maximum Gasteiger partial charge on any atom is 1.00 e. The zero-order valence-corrected chi connectivity index (χ0v) is 9.00. The van der Waals surface area contributed by atoms with E-state index in [-0.39, 0.29) is 87.9 Å². The summed E-state index contributed by atoms with van der Waals surface area (Å²) in [6.07, 6.45) is 0. The smallest absolute Gasteiger partial charge is 1.00 e. The Balaban J connectivity index is 0. The molecule has 0 aliphatic carbocycles. The topological polar surface area (TPSA) is 94.5 Å². The second-order valence-electron chi connectivity index (χ2n) is 0.